The minimum atomic E-state index is -0.542. The number of carbonyl (C=O) groups excluding carboxylic acids is 1. The largest absolute Gasteiger partial charge is 0.329 e. The van der Waals surface area contributed by atoms with Crippen LogP contribution < -0.4 is 11.1 Å². The van der Waals surface area contributed by atoms with Crippen molar-refractivity contribution in [1.29, 1.82) is 0 Å². The summed E-state index contributed by atoms with van der Waals surface area (Å²) >= 11 is 1.46. The first kappa shape index (κ1) is 14.3. The molecule has 1 rings (SSSR count). The molecule has 6 heteroatoms. The lowest BCUT2D eigenvalue weighted by atomic mass is 9.93. The number of hydrogen-bond acceptors (Lipinski definition) is 4. The van der Waals surface area contributed by atoms with E-state index in [4.69, 9.17) is 5.73 Å². The molecule has 0 fully saturated rings. The van der Waals surface area contributed by atoms with Crippen LogP contribution >= 0.6 is 23.7 Å². The Balaban J connectivity index is 0.00000196. The number of anilines is 1. The van der Waals surface area contributed by atoms with Crippen LogP contribution in [0, 0.1) is 12.3 Å². The zero-order valence-corrected chi connectivity index (χ0v) is 10.7. The van der Waals surface area contributed by atoms with Gasteiger partial charge in [-0.25, -0.2) is 4.98 Å². The van der Waals surface area contributed by atoms with E-state index < -0.39 is 5.41 Å². The van der Waals surface area contributed by atoms with Gasteiger partial charge in [-0.3, -0.25) is 4.79 Å². The van der Waals surface area contributed by atoms with Crippen molar-refractivity contribution in [3.05, 3.63) is 11.1 Å². The zero-order chi connectivity index (χ0) is 10.8. The highest BCUT2D eigenvalue weighted by molar-refractivity contribution is 7.15. The Morgan fingerprint density at radius 1 is 1.67 bits per heavy atom. The molecule has 0 unspecified atom stereocenters. The molecule has 86 valence electrons. The number of nitrogens with zero attached hydrogens (tertiary/aromatic N) is 1. The van der Waals surface area contributed by atoms with Crippen molar-refractivity contribution >= 4 is 34.8 Å². The number of aromatic nitrogens is 1. The summed E-state index contributed by atoms with van der Waals surface area (Å²) in [6, 6.07) is 0. The monoisotopic (exact) mass is 249 g/mol. The van der Waals surface area contributed by atoms with Gasteiger partial charge in [-0.05, 0) is 20.8 Å². The molecule has 0 saturated carbocycles. The van der Waals surface area contributed by atoms with E-state index in [0.29, 0.717) is 11.7 Å². The van der Waals surface area contributed by atoms with Gasteiger partial charge in [0.25, 0.3) is 0 Å². The highest BCUT2D eigenvalue weighted by Gasteiger charge is 2.26. The normalized spacial score (nSPS) is 10.7. The Morgan fingerprint density at radius 2 is 2.27 bits per heavy atom. The van der Waals surface area contributed by atoms with Crippen LogP contribution in [0.1, 0.15) is 18.7 Å². The molecule has 0 bridgehead atoms. The van der Waals surface area contributed by atoms with Crippen LogP contribution in [0.4, 0.5) is 5.13 Å². The number of thiazole rings is 1. The van der Waals surface area contributed by atoms with Crippen LogP contribution in [0.15, 0.2) is 6.20 Å². The fraction of sp³-hybridized carbons (Fsp3) is 0.556. The van der Waals surface area contributed by atoms with E-state index in [1.807, 2.05) is 20.8 Å². The number of amides is 1. The van der Waals surface area contributed by atoms with Gasteiger partial charge in [-0.15, -0.1) is 23.7 Å². The van der Waals surface area contributed by atoms with E-state index in [0.717, 1.165) is 4.88 Å². The SMILES string of the molecule is Cc1cnc(NC(=O)C(C)(C)CN)s1.Cl. The van der Waals surface area contributed by atoms with Gasteiger partial charge in [0.05, 0.1) is 5.41 Å². The third-order valence-electron chi connectivity index (χ3n) is 1.97. The van der Waals surface area contributed by atoms with Gasteiger partial charge in [-0.1, -0.05) is 0 Å². The van der Waals surface area contributed by atoms with Crippen LogP contribution in [0.3, 0.4) is 0 Å². The third kappa shape index (κ3) is 3.77. The van der Waals surface area contributed by atoms with E-state index in [-0.39, 0.29) is 18.3 Å². The second kappa shape index (κ2) is 5.44. The van der Waals surface area contributed by atoms with E-state index >= 15 is 0 Å². The Bertz CT molecular complexity index is 338. The van der Waals surface area contributed by atoms with Crippen LogP contribution in [0.5, 0.6) is 0 Å². The first-order valence-corrected chi connectivity index (χ1v) is 5.21. The van der Waals surface area contributed by atoms with Crippen LogP contribution in [0.2, 0.25) is 0 Å². The maximum Gasteiger partial charge on any atom is 0.233 e. The minimum Gasteiger partial charge on any atom is -0.329 e. The topological polar surface area (TPSA) is 68.0 Å². The maximum atomic E-state index is 11.7. The van der Waals surface area contributed by atoms with Gasteiger partial charge >= 0.3 is 0 Å². The highest BCUT2D eigenvalue weighted by atomic mass is 35.5. The summed E-state index contributed by atoms with van der Waals surface area (Å²) in [6.07, 6.45) is 1.73. The molecule has 0 atom stereocenters. The van der Waals surface area contributed by atoms with Crippen molar-refractivity contribution in [2.75, 3.05) is 11.9 Å². The Labute approximate surface area is 99.7 Å². The lowest BCUT2D eigenvalue weighted by molar-refractivity contribution is -0.123. The number of carbonyl (C=O) groups is 1. The minimum absolute atomic E-state index is 0. The standard InChI is InChI=1S/C9H15N3OS.ClH/c1-6-4-11-8(14-6)12-7(13)9(2,3)5-10;/h4H,5,10H2,1-3H3,(H,11,12,13);1H. The molecule has 1 aromatic rings. The quantitative estimate of drug-likeness (QED) is 0.858. The summed E-state index contributed by atoms with van der Waals surface area (Å²) in [5.74, 6) is -0.0886. The summed E-state index contributed by atoms with van der Waals surface area (Å²) < 4.78 is 0. The number of nitrogens with one attached hydrogen (secondary N) is 1. The summed E-state index contributed by atoms with van der Waals surface area (Å²) in [5.41, 5.74) is 4.95. The lowest BCUT2D eigenvalue weighted by Gasteiger charge is -2.19. The van der Waals surface area contributed by atoms with E-state index in [1.165, 1.54) is 11.3 Å². The predicted molar refractivity (Wildman–Crippen MR) is 65.6 cm³/mol. The van der Waals surface area contributed by atoms with Crippen molar-refractivity contribution < 1.29 is 4.79 Å². The average Bonchev–Trinajstić information content (AvgIpc) is 2.51. The van der Waals surface area contributed by atoms with Crippen LogP contribution in [0.25, 0.3) is 0 Å². The molecule has 4 nitrogen and oxygen atoms in total. The van der Waals surface area contributed by atoms with E-state index in [2.05, 4.69) is 10.3 Å². The molecule has 0 radical (unpaired) electrons. The molecule has 0 aliphatic carbocycles. The predicted octanol–water partition coefficient (Wildman–Crippen LogP) is 1.80. The van der Waals surface area contributed by atoms with Gasteiger partial charge in [0.1, 0.15) is 0 Å². The molecule has 15 heavy (non-hydrogen) atoms. The molecule has 3 N–H and O–H groups in total. The molecule has 1 aromatic heterocycles. The molecule has 0 aliphatic rings. The molecular weight excluding hydrogens is 234 g/mol. The first-order chi connectivity index (χ1) is 6.45. The lowest BCUT2D eigenvalue weighted by Crippen LogP contribution is -2.37. The second-order valence-corrected chi connectivity index (χ2v) is 5.05. The first-order valence-electron chi connectivity index (χ1n) is 4.39. The van der Waals surface area contributed by atoms with E-state index in [9.17, 15) is 4.79 Å². The summed E-state index contributed by atoms with van der Waals surface area (Å²) in [6.45, 7) is 5.89. The molecule has 0 saturated heterocycles. The van der Waals surface area contributed by atoms with Crippen molar-refractivity contribution in [3.63, 3.8) is 0 Å². The fourth-order valence-corrected chi connectivity index (χ4v) is 1.43. The highest BCUT2D eigenvalue weighted by Crippen LogP contribution is 2.20. The van der Waals surface area contributed by atoms with Gasteiger partial charge in [0, 0.05) is 17.6 Å². The number of halogens is 1. The van der Waals surface area contributed by atoms with Crippen molar-refractivity contribution in [2.24, 2.45) is 11.1 Å². The third-order valence-corrected chi connectivity index (χ3v) is 2.79. The number of hydrogen-bond donors (Lipinski definition) is 2. The van der Waals surface area contributed by atoms with Gasteiger partial charge in [0.2, 0.25) is 5.91 Å². The second-order valence-electron chi connectivity index (χ2n) is 3.82. The molecule has 0 spiro atoms. The molecule has 0 aromatic carbocycles. The van der Waals surface area contributed by atoms with Gasteiger partial charge < -0.3 is 11.1 Å². The molecule has 0 aliphatic heterocycles. The number of rotatable bonds is 3. The summed E-state index contributed by atoms with van der Waals surface area (Å²) in [7, 11) is 0. The Hall–Kier alpha value is -0.650. The van der Waals surface area contributed by atoms with Crippen LogP contribution in [-0.4, -0.2) is 17.4 Å². The molecule has 1 heterocycles. The summed E-state index contributed by atoms with van der Waals surface area (Å²) in [5, 5.41) is 3.38. The Kier molecular flexibility index (Phi) is 5.20. The average molecular weight is 250 g/mol. The van der Waals surface area contributed by atoms with Crippen molar-refractivity contribution in [2.45, 2.75) is 20.8 Å². The smallest absolute Gasteiger partial charge is 0.233 e. The zero-order valence-electron chi connectivity index (χ0n) is 9.03. The fourth-order valence-electron chi connectivity index (χ4n) is 0.772. The molecule has 1 amide bonds. The number of aryl methyl sites for hydroxylation is 1. The van der Waals surface area contributed by atoms with E-state index in [1.54, 1.807) is 6.20 Å². The summed E-state index contributed by atoms with van der Waals surface area (Å²) in [4.78, 5) is 16.8. The number of nitrogens with two attached hydrogens (primary N) is 1. The molecular formula is C9H16ClN3OS. The van der Waals surface area contributed by atoms with Gasteiger partial charge in [-0.2, -0.15) is 0 Å². The van der Waals surface area contributed by atoms with Gasteiger partial charge in [0.15, 0.2) is 5.13 Å². The van der Waals surface area contributed by atoms with Crippen molar-refractivity contribution in [3.8, 4) is 0 Å². The Morgan fingerprint density at radius 3 is 2.67 bits per heavy atom. The maximum absolute atomic E-state index is 11.7. The van der Waals surface area contributed by atoms with Crippen molar-refractivity contribution in [1.82, 2.24) is 4.98 Å². The van der Waals surface area contributed by atoms with Crippen LogP contribution in [-0.2, 0) is 4.79 Å².